The van der Waals surface area contributed by atoms with Crippen LogP contribution in [0.25, 0.3) is 0 Å². The van der Waals surface area contributed by atoms with Gasteiger partial charge in [0.15, 0.2) is 5.78 Å². The molecule has 6 heteroatoms. The molecule has 0 unspecified atom stereocenters. The zero-order valence-electron chi connectivity index (χ0n) is 8.65. The van der Waals surface area contributed by atoms with Crippen LogP contribution in [0.1, 0.15) is 27.9 Å². The molecule has 0 saturated carbocycles. The summed E-state index contributed by atoms with van der Waals surface area (Å²) in [6, 6.07) is 3.30. The topological polar surface area (TPSA) is 17.1 Å². The number of hydrogen-bond acceptors (Lipinski definition) is 1. The minimum atomic E-state index is -4.44. The van der Waals surface area contributed by atoms with Crippen LogP contribution in [-0.2, 0) is 12.1 Å². The van der Waals surface area contributed by atoms with Gasteiger partial charge in [0.2, 0.25) is 0 Å². The quantitative estimate of drug-likeness (QED) is 0.590. The molecule has 1 rings (SSSR count). The Labute approximate surface area is 110 Å². The fraction of sp³-hybridized carbons (Fsp3) is 0.364. The third-order valence-corrected chi connectivity index (χ3v) is 2.88. The maximum absolute atomic E-state index is 12.6. The number of benzene rings is 1. The van der Waals surface area contributed by atoms with Gasteiger partial charge in [-0.1, -0.05) is 22.0 Å². The summed E-state index contributed by atoms with van der Waals surface area (Å²) in [5.41, 5.74) is -0.601. The second kappa shape index (κ2) is 5.87. The molecule has 0 radical (unpaired) electrons. The third-order valence-electron chi connectivity index (χ3n) is 2.20. The molecule has 94 valence electrons. The fourth-order valence-corrected chi connectivity index (χ4v) is 1.97. The number of carbonyl (C=O) groups excluding carboxylic acids is 1. The molecule has 0 fully saturated rings. The van der Waals surface area contributed by atoms with E-state index in [0.29, 0.717) is 5.33 Å². The maximum atomic E-state index is 12.6. The molecule has 0 heterocycles. The first-order valence-corrected chi connectivity index (χ1v) is 6.41. The molecule has 0 aliphatic carbocycles. The molecule has 1 aromatic rings. The molecule has 0 spiro atoms. The van der Waals surface area contributed by atoms with Crippen LogP contribution in [0.4, 0.5) is 13.2 Å². The molecule has 1 aromatic carbocycles. The highest BCUT2D eigenvalue weighted by molar-refractivity contribution is 9.09. The third kappa shape index (κ3) is 3.71. The van der Waals surface area contributed by atoms with Crippen LogP contribution < -0.4 is 0 Å². The summed E-state index contributed by atoms with van der Waals surface area (Å²) < 4.78 is 37.7. The molecule has 0 amide bonds. The molecule has 0 N–H and O–H groups in total. The lowest BCUT2D eigenvalue weighted by atomic mass is 10.0. The van der Waals surface area contributed by atoms with E-state index in [1.807, 2.05) is 0 Å². The predicted octanol–water partition coefficient (Wildman–Crippen LogP) is 4.41. The molecule has 1 nitrogen and oxygen atoms in total. The molecule has 0 aromatic heterocycles. The SMILES string of the molecule is O=C(CCBr)c1ccc(C(F)(F)F)c(CCl)c1. The van der Waals surface area contributed by atoms with E-state index in [0.717, 1.165) is 6.07 Å². The van der Waals surface area contributed by atoms with Crippen molar-refractivity contribution < 1.29 is 18.0 Å². The second-order valence-corrected chi connectivity index (χ2v) is 4.43. The fourth-order valence-electron chi connectivity index (χ4n) is 1.38. The van der Waals surface area contributed by atoms with Crippen molar-refractivity contribution in [1.82, 2.24) is 0 Å². The van der Waals surface area contributed by atoms with Crippen molar-refractivity contribution in [2.75, 3.05) is 5.33 Å². The highest BCUT2D eigenvalue weighted by Crippen LogP contribution is 2.33. The number of alkyl halides is 5. The van der Waals surface area contributed by atoms with Crippen molar-refractivity contribution >= 4 is 33.3 Å². The number of rotatable bonds is 4. The Morgan fingerprint density at radius 2 is 2.00 bits per heavy atom. The summed E-state index contributed by atoms with van der Waals surface area (Å²) in [7, 11) is 0. The van der Waals surface area contributed by atoms with E-state index in [9.17, 15) is 18.0 Å². The summed E-state index contributed by atoms with van der Waals surface area (Å²) in [5.74, 6) is -0.480. The maximum Gasteiger partial charge on any atom is 0.416 e. The second-order valence-electron chi connectivity index (χ2n) is 3.37. The van der Waals surface area contributed by atoms with Crippen molar-refractivity contribution in [3.8, 4) is 0 Å². The lowest BCUT2D eigenvalue weighted by Gasteiger charge is -2.12. The lowest BCUT2D eigenvalue weighted by molar-refractivity contribution is -0.138. The van der Waals surface area contributed by atoms with E-state index in [-0.39, 0.29) is 29.2 Å². The van der Waals surface area contributed by atoms with Gasteiger partial charge in [-0.05, 0) is 17.7 Å². The number of hydrogen-bond donors (Lipinski definition) is 0. The molecular formula is C11H9BrClF3O. The van der Waals surface area contributed by atoms with E-state index in [4.69, 9.17) is 11.6 Å². The summed E-state index contributed by atoms with van der Waals surface area (Å²) >= 11 is 8.57. The smallest absolute Gasteiger partial charge is 0.294 e. The van der Waals surface area contributed by atoms with Crippen molar-refractivity contribution in [2.24, 2.45) is 0 Å². The van der Waals surface area contributed by atoms with Gasteiger partial charge >= 0.3 is 6.18 Å². The first kappa shape index (κ1) is 14.5. The summed E-state index contributed by atoms with van der Waals surface area (Å²) in [4.78, 5) is 11.5. The van der Waals surface area contributed by atoms with Gasteiger partial charge < -0.3 is 0 Å². The van der Waals surface area contributed by atoms with E-state index in [1.54, 1.807) is 0 Å². The Morgan fingerprint density at radius 1 is 1.35 bits per heavy atom. The molecular weight excluding hydrogens is 320 g/mol. The van der Waals surface area contributed by atoms with E-state index in [2.05, 4.69) is 15.9 Å². The van der Waals surface area contributed by atoms with E-state index >= 15 is 0 Å². The van der Waals surface area contributed by atoms with Gasteiger partial charge in [-0.15, -0.1) is 11.6 Å². The minimum Gasteiger partial charge on any atom is -0.294 e. The highest BCUT2D eigenvalue weighted by Gasteiger charge is 2.33. The first-order valence-electron chi connectivity index (χ1n) is 4.75. The molecule has 0 aliphatic heterocycles. The monoisotopic (exact) mass is 328 g/mol. The standard InChI is InChI=1S/C11H9BrClF3O/c12-4-3-10(17)7-1-2-9(11(14,15)16)8(5-7)6-13/h1-2,5H,3-4,6H2. The Balaban J connectivity index is 3.13. The van der Waals surface area contributed by atoms with Crippen molar-refractivity contribution in [2.45, 2.75) is 18.5 Å². The Kier molecular flexibility index (Phi) is 5.01. The van der Waals surface area contributed by atoms with Gasteiger partial charge in [-0.3, -0.25) is 4.79 Å². The van der Waals surface area contributed by atoms with Crippen LogP contribution in [0.2, 0.25) is 0 Å². The summed E-state index contributed by atoms with van der Waals surface area (Å²) in [6.45, 7) is 0. The molecule has 0 aliphatic rings. The lowest BCUT2D eigenvalue weighted by Crippen LogP contribution is -2.10. The average molecular weight is 330 g/mol. The van der Waals surface area contributed by atoms with Crippen LogP contribution in [0.15, 0.2) is 18.2 Å². The zero-order valence-corrected chi connectivity index (χ0v) is 11.0. The Morgan fingerprint density at radius 3 is 2.47 bits per heavy atom. The number of Topliss-reactive ketones (excluding diaryl/α,β-unsaturated/α-hetero) is 1. The first-order chi connectivity index (χ1) is 7.90. The number of carbonyl (C=O) groups is 1. The minimum absolute atomic E-state index is 0.0698. The van der Waals surface area contributed by atoms with Crippen molar-refractivity contribution in [3.05, 3.63) is 34.9 Å². The predicted molar refractivity (Wildman–Crippen MR) is 63.7 cm³/mol. The van der Waals surface area contributed by atoms with Gasteiger partial charge in [0.1, 0.15) is 0 Å². The van der Waals surface area contributed by atoms with Gasteiger partial charge in [-0.2, -0.15) is 13.2 Å². The van der Waals surface area contributed by atoms with Crippen LogP contribution in [0, 0.1) is 0 Å². The van der Waals surface area contributed by atoms with Gasteiger partial charge in [0.25, 0.3) is 0 Å². The molecule has 17 heavy (non-hydrogen) atoms. The Hall–Kier alpha value is -0.550. The van der Waals surface area contributed by atoms with Crippen LogP contribution >= 0.6 is 27.5 Å². The van der Waals surface area contributed by atoms with Crippen LogP contribution in [-0.4, -0.2) is 11.1 Å². The normalized spacial score (nSPS) is 11.6. The van der Waals surface area contributed by atoms with Gasteiger partial charge in [0.05, 0.1) is 5.56 Å². The largest absolute Gasteiger partial charge is 0.416 e. The van der Waals surface area contributed by atoms with E-state index in [1.165, 1.54) is 12.1 Å². The molecule has 0 atom stereocenters. The van der Waals surface area contributed by atoms with Crippen molar-refractivity contribution in [1.29, 1.82) is 0 Å². The van der Waals surface area contributed by atoms with Crippen LogP contribution in [0.3, 0.4) is 0 Å². The van der Waals surface area contributed by atoms with Crippen LogP contribution in [0.5, 0.6) is 0 Å². The molecule has 0 bridgehead atoms. The number of halogens is 5. The number of ketones is 1. The van der Waals surface area contributed by atoms with Gasteiger partial charge in [-0.25, -0.2) is 0 Å². The average Bonchev–Trinajstić information content (AvgIpc) is 2.27. The van der Waals surface area contributed by atoms with E-state index < -0.39 is 11.7 Å². The molecule has 0 saturated heterocycles. The summed E-state index contributed by atoms with van der Waals surface area (Å²) in [5, 5.41) is 0.475. The zero-order chi connectivity index (χ0) is 13.1. The summed E-state index contributed by atoms with van der Waals surface area (Å²) in [6.07, 6.45) is -4.20. The highest BCUT2D eigenvalue weighted by atomic mass is 79.9. The Bertz CT molecular complexity index is 418. The van der Waals surface area contributed by atoms with Crippen molar-refractivity contribution in [3.63, 3.8) is 0 Å². The van der Waals surface area contributed by atoms with Gasteiger partial charge in [0, 0.05) is 23.2 Å².